The van der Waals surface area contributed by atoms with Crippen molar-refractivity contribution in [2.45, 2.75) is 27.3 Å². The molecular formula is C16H22N6O2. The van der Waals surface area contributed by atoms with Crippen molar-refractivity contribution >= 4 is 11.8 Å². The van der Waals surface area contributed by atoms with Crippen LogP contribution in [0.1, 0.15) is 23.2 Å². The Balaban J connectivity index is 1.50. The van der Waals surface area contributed by atoms with Crippen LogP contribution in [0.2, 0.25) is 0 Å². The predicted octanol–water partition coefficient (Wildman–Crippen LogP) is 1.42. The Hall–Kier alpha value is -2.64. The molecular weight excluding hydrogens is 308 g/mol. The van der Waals surface area contributed by atoms with E-state index in [0.29, 0.717) is 25.5 Å². The van der Waals surface area contributed by atoms with Crippen LogP contribution in [-0.2, 0) is 6.54 Å². The van der Waals surface area contributed by atoms with Gasteiger partial charge in [0.25, 0.3) is 0 Å². The van der Waals surface area contributed by atoms with E-state index in [9.17, 15) is 4.79 Å². The monoisotopic (exact) mass is 330 g/mol. The number of carbonyl (C=O) groups excluding carboxylic acids is 1. The van der Waals surface area contributed by atoms with Gasteiger partial charge in [0.2, 0.25) is 5.89 Å². The van der Waals surface area contributed by atoms with Crippen molar-refractivity contribution in [3.63, 3.8) is 0 Å². The lowest BCUT2D eigenvalue weighted by Gasteiger charge is -2.35. The summed E-state index contributed by atoms with van der Waals surface area (Å²) >= 11 is 0. The Morgan fingerprint density at radius 2 is 1.96 bits per heavy atom. The van der Waals surface area contributed by atoms with Crippen LogP contribution in [-0.4, -0.2) is 52.1 Å². The van der Waals surface area contributed by atoms with Crippen molar-refractivity contribution in [3.8, 4) is 0 Å². The molecule has 0 atom stereocenters. The maximum Gasteiger partial charge on any atom is 0.317 e. The summed E-state index contributed by atoms with van der Waals surface area (Å²) in [5, 5.41) is 2.86. The number of rotatable bonds is 3. The quantitative estimate of drug-likeness (QED) is 0.916. The normalized spacial score (nSPS) is 14.8. The summed E-state index contributed by atoms with van der Waals surface area (Å²) in [4.78, 5) is 29.0. The fourth-order valence-corrected chi connectivity index (χ4v) is 2.64. The van der Waals surface area contributed by atoms with Gasteiger partial charge in [-0.05, 0) is 26.8 Å². The topological polar surface area (TPSA) is 87.4 Å². The number of aromatic nitrogens is 3. The SMILES string of the molecule is Cc1nccc(N2CCN(C(=O)NCc3nc(C)c(C)o3)CC2)n1. The van der Waals surface area contributed by atoms with E-state index in [1.165, 1.54) is 0 Å². The van der Waals surface area contributed by atoms with E-state index >= 15 is 0 Å². The van der Waals surface area contributed by atoms with Crippen LogP contribution in [0, 0.1) is 20.8 Å². The number of oxazole rings is 1. The Labute approximate surface area is 140 Å². The first kappa shape index (κ1) is 16.2. The van der Waals surface area contributed by atoms with E-state index in [1.807, 2.05) is 26.8 Å². The average Bonchev–Trinajstić information content (AvgIpc) is 2.91. The fraction of sp³-hybridized carbons (Fsp3) is 0.500. The van der Waals surface area contributed by atoms with Crippen LogP contribution in [0.4, 0.5) is 10.6 Å². The molecule has 1 N–H and O–H groups in total. The molecule has 1 aliphatic rings. The molecule has 1 saturated heterocycles. The van der Waals surface area contributed by atoms with Gasteiger partial charge in [0.05, 0.1) is 12.2 Å². The zero-order chi connectivity index (χ0) is 17.1. The standard InChI is InChI=1S/C16H22N6O2/c1-11-12(2)24-15(19-11)10-18-16(23)22-8-6-21(7-9-22)14-4-5-17-13(3)20-14/h4-5H,6-10H2,1-3H3,(H,18,23). The lowest BCUT2D eigenvalue weighted by Crippen LogP contribution is -2.52. The summed E-state index contributed by atoms with van der Waals surface area (Å²) in [6.45, 7) is 8.73. The molecule has 3 rings (SSSR count). The number of nitrogens with one attached hydrogen (secondary N) is 1. The molecule has 1 aliphatic heterocycles. The Bertz CT molecular complexity index is 702. The summed E-state index contributed by atoms with van der Waals surface area (Å²) in [6, 6.07) is 1.80. The number of urea groups is 1. The summed E-state index contributed by atoms with van der Waals surface area (Å²) < 4.78 is 5.47. The molecule has 0 bridgehead atoms. The van der Waals surface area contributed by atoms with E-state index in [1.54, 1.807) is 11.1 Å². The molecule has 2 aromatic rings. The summed E-state index contributed by atoms with van der Waals surface area (Å²) in [5.74, 6) is 2.99. The van der Waals surface area contributed by atoms with Gasteiger partial charge in [-0.3, -0.25) is 0 Å². The van der Waals surface area contributed by atoms with Crippen LogP contribution < -0.4 is 10.2 Å². The Morgan fingerprint density at radius 1 is 1.21 bits per heavy atom. The lowest BCUT2D eigenvalue weighted by atomic mass is 10.3. The van der Waals surface area contributed by atoms with Gasteiger partial charge in [0.1, 0.15) is 17.4 Å². The smallest absolute Gasteiger partial charge is 0.317 e. The second-order valence-corrected chi connectivity index (χ2v) is 5.84. The van der Waals surface area contributed by atoms with E-state index in [2.05, 4.69) is 25.2 Å². The second kappa shape index (κ2) is 6.86. The van der Waals surface area contributed by atoms with Crippen molar-refractivity contribution in [1.82, 2.24) is 25.2 Å². The number of piperazine rings is 1. The number of amides is 2. The molecule has 2 aromatic heterocycles. The van der Waals surface area contributed by atoms with Crippen LogP contribution in [0.3, 0.4) is 0 Å². The summed E-state index contributed by atoms with van der Waals surface area (Å²) in [6.07, 6.45) is 1.76. The fourth-order valence-electron chi connectivity index (χ4n) is 2.64. The van der Waals surface area contributed by atoms with Gasteiger partial charge in [0.15, 0.2) is 0 Å². The van der Waals surface area contributed by atoms with Crippen LogP contribution >= 0.6 is 0 Å². The molecule has 3 heterocycles. The molecule has 24 heavy (non-hydrogen) atoms. The molecule has 0 spiro atoms. The average molecular weight is 330 g/mol. The van der Waals surface area contributed by atoms with Gasteiger partial charge in [-0.1, -0.05) is 0 Å². The zero-order valence-electron chi connectivity index (χ0n) is 14.2. The molecule has 8 heteroatoms. The highest BCUT2D eigenvalue weighted by atomic mass is 16.4. The van der Waals surface area contributed by atoms with E-state index < -0.39 is 0 Å². The highest BCUT2D eigenvalue weighted by Gasteiger charge is 2.22. The molecule has 128 valence electrons. The van der Waals surface area contributed by atoms with Crippen LogP contribution in [0.25, 0.3) is 0 Å². The number of aryl methyl sites for hydroxylation is 3. The summed E-state index contributed by atoms with van der Waals surface area (Å²) in [7, 11) is 0. The largest absolute Gasteiger partial charge is 0.444 e. The third-order valence-corrected chi connectivity index (χ3v) is 4.12. The number of hydrogen-bond donors (Lipinski definition) is 1. The number of carbonyl (C=O) groups is 1. The highest BCUT2D eigenvalue weighted by molar-refractivity contribution is 5.74. The van der Waals surface area contributed by atoms with Gasteiger partial charge >= 0.3 is 6.03 Å². The lowest BCUT2D eigenvalue weighted by molar-refractivity contribution is 0.192. The maximum atomic E-state index is 12.3. The minimum atomic E-state index is -0.0953. The number of anilines is 1. The predicted molar refractivity (Wildman–Crippen MR) is 88.8 cm³/mol. The van der Waals surface area contributed by atoms with Crippen LogP contribution in [0.5, 0.6) is 0 Å². The van der Waals surface area contributed by atoms with Gasteiger partial charge in [-0.25, -0.2) is 19.7 Å². The first-order valence-electron chi connectivity index (χ1n) is 8.03. The number of hydrogen-bond acceptors (Lipinski definition) is 6. The molecule has 2 amide bonds. The first-order chi connectivity index (χ1) is 11.5. The molecule has 0 unspecified atom stereocenters. The van der Waals surface area contributed by atoms with Gasteiger partial charge in [-0.2, -0.15) is 0 Å². The molecule has 0 radical (unpaired) electrons. The van der Waals surface area contributed by atoms with Crippen molar-refractivity contribution in [2.75, 3.05) is 31.1 Å². The number of nitrogens with zero attached hydrogens (tertiary/aromatic N) is 5. The molecule has 0 saturated carbocycles. The van der Waals surface area contributed by atoms with E-state index in [4.69, 9.17) is 4.42 Å². The van der Waals surface area contributed by atoms with Gasteiger partial charge < -0.3 is 19.5 Å². The molecule has 0 aromatic carbocycles. The third-order valence-electron chi connectivity index (χ3n) is 4.12. The van der Waals surface area contributed by atoms with Gasteiger partial charge in [0, 0.05) is 32.4 Å². The van der Waals surface area contributed by atoms with Crippen LogP contribution in [0.15, 0.2) is 16.7 Å². The van der Waals surface area contributed by atoms with Gasteiger partial charge in [-0.15, -0.1) is 0 Å². The third kappa shape index (κ3) is 3.64. The minimum Gasteiger partial charge on any atom is -0.444 e. The molecule has 1 fully saturated rings. The maximum absolute atomic E-state index is 12.3. The molecule has 8 nitrogen and oxygen atoms in total. The minimum absolute atomic E-state index is 0.0953. The Kier molecular flexibility index (Phi) is 4.64. The molecule has 0 aliphatic carbocycles. The Morgan fingerprint density at radius 3 is 2.58 bits per heavy atom. The summed E-state index contributed by atoms with van der Waals surface area (Å²) in [5.41, 5.74) is 0.855. The van der Waals surface area contributed by atoms with Crippen molar-refractivity contribution in [3.05, 3.63) is 35.4 Å². The van der Waals surface area contributed by atoms with E-state index in [-0.39, 0.29) is 6.03 Å². The first-order valence-corrected chi connectivity index (χ1v) is 8.03. The highest BCUT2D eigenvalue weighted by Crippen LogP contribution is 2.13. The van der Waals surface area contributed by atoms with Crippen molar-refractivity contribution in [1.29, 1.82) is 0 Å². The van der Waals surface area contributed by atoms with Crippen molar-refractivity contribution in [2.24, 2.45) is 0 Å². The second-order valence-electron chi connectivity index (χ2n) is 5.84. The zero-order valence-corrected chi connectivity index (χ0v) is 14.2. The van der Waals surface area contributed by atoms with Crippen molar-refractivity contribution < 1.29 is 9.21 Å². The van der Waals surface area contributed by atoms with E-state index in [0.717, 1.165) is 36.2 Å².